The molecule has 3 aromatic heterocycles. The summed E-state index contributed by atoms with van der Waals surface area (Å²) in [5.41, 5.74) is 6.97. The molecule has 6 nitrogen and oxygen atoms in total. The second kappa shape index (κ2) is 6.40. The van der Waals surface area contributed by atoms with Gasteiger partial charge in [0, 0.05) is 6.20 Å². The third-order valence-corrected chi connectivity index (χ3v) is 5.69. The zero-order chi connectivity index (χ0) is 17.4. The van der Waals surface area contributed by atoms with E-state index < -0.39 is 0 Å². The number of benzene rings is 1. The van der Waals surface area contributed by atoms with Gasteiger partial charge < -0.3 is 5.73 Å². The number of carbonyl (C=O) groups excluding carboxylic acids is 1. The summed E-state index contributed by atoms with van der Waals surface area (Å²) in [6, 6.07) is 10.9. The van der Waals surface area contributed by atoms with E-state index in [1.54, 1.807) is 24.4 Å². The lowest BCUT2D eigenvalue weighted by Gasteiger charge is -1.98. The van der Waals surface area contributed by atoms with Crippen LogP contribution in [-0.4, -0.2) is 20.9 Å². The van der Waals surface area contributed by atoms with Gasteiger partial charge in [-0.05, 0) is 30.3 Å². The van der Waals surface area contributed by atoms with Crippen LogP contribution in [0.5, 0.6) is 0 Å². The van der Waals surface area contributed by atoms with Gasteiger partial charge in [-0.3, -0.25) is 10.1 Å². The molecule has 0 aliphatic carbocycles. The lowest BCUT2D eigenvalue weighted by Crippen LogP contribution is -2.09. The molecular weight excluding hydrogens is 378 g/mol. The summed E-state index contributed by atoms with van der Waals surface area (Å²) in [6.45, 7) is 0. The van der Waals surface area contributed by atoms with E-state index in [0.29, 0.717) is 26.2 Å². The fourth-order valence-corrected chi connectivity index (χ4v) is 4.27. The highest BCUT2D eigenvalue weighted by molar-refractivity contribution is 7.22. The Hall–Kier alpha value is -2.55. The van der Waals surface area contributed by atoms with Gasteiger partial charge in [-0.25, -0.2) is 15.0 Å². The number of carbonyl (C=O) groups is 1. The summed E-state index contributed by atoms with van der Waals surface area (Å²) in [7, 11) is 0. The first kappa shape index (κ1) is 15.9. The van der Waals surface area contributed by atoms with E-state index in [1.807, 2.05) is 18.2 Å². The van der Waals surface area contributed by atoms with E-state index in [4.69, 9.17) is 17.3 Å². The van der Waals surface area contributed by atoms with Crippen molar-refractivity contribution in [2.75, 3.05) is 11.1 Å². The maximum absolute atomic E-state index is 12.5. The number of hydrogen-bond donors (Lipinski definition) is 2. The van der Waals surface area contributed by atoms with E-state index in [2.05, 4.69) is 20.3 Å². The Morgan fingerprint density at radius 1 is 1.12 bits per heavy atom. The number of anilines is 2. The minimum absolute atomic E-state index is 0.197. The molecule has 4 aromatic rings. The average molecular weight is 388 g/mol. The number of nitrogens with zero attached hydrogens (tertiary/aromatic N) is 3. The molecule has 0 bridgehead atoms. The SMILES string of the molecule is Nc1nccc(-c2ccc(C(=O)Nc3nc4c(Cl)cccc4s3)s2)n1. The molecular formula is C16H10ClN5OS2. The molecule has 124 valence electrons. The van der Waals surface area contributed by atoms with Crippen molar-refractivity contribution >= 4 is 61.5 Å². The highest BCUT2D eigenvalue weighted by Gasteiger charge is 2.14. The zero-order valence-corrected chi connectivity index (χ0v) is 15.0. The van der Waals surface area contributed by atoms with Crippen molar-refractivity contribution in [1.82, 2.24) is 15.0 Å². The Bertz CT molecular complexity index is 1090. The Balaban J connectivity index is 1.58. The lowest BCUT2D eigenvalue weighted by molar-refractivity contribution is 0.103. The number of fused-ring (bicyclic) bond motifs is 1. The summed E-state index contributed by atoms with van der Waals surface area (Å²) in [5.74, 6) is -0.0308. The number of nitrogens with one attached hydrogen (secondary N) is 1. The first-order valence-corrected chi connectivity index (χ1v) is 9.16. The van der Waals surface area contributed by atoms with Crippen LogP contribution in [0.1, 0.15) is 9.67 Å². The predicted molar refractivity (Wildman–Crippen MR) is 102 cm³/mol. The fourth-order valence-electron chi connectivity index (χ4n) is 2.24. The highest BCUT2D eigenvalue weighted by Crippen LogP contribution is 2.32. The van der Waals surface area contributed by atoms with Crippen LogP contribution in [0.3, 0.4) is 0 Å². The van der Waals surface area contributed by atoms with Crippen molar-refractivity contribution in [1.29, 1.82) is 0 Å². The van der Waals surface area contributed by atoms with Crippen molar-refractivity contribution in [3.8, 4) is 10.6 Å². The van der Waals surface area contributed by atoms with E-state index >= 15 is 0 Å². The summed E-state index contributed by atoms with van der Waals surface area (Å²) in [5, 5.41) is 3.89. The average Bonchev–Trinajstić information content (AvgIpc) is 3.22. The minimum atomic E-state index is -0.228. The number of rotatable bonds is 3. The number of aromatic nitrogens is 3. The van der Waals surface area contributed by atoms with Crippen molar-refractivity contribution in [3.63, 3.8) is 0 Å². The molecule has 0 fully saturated rings. The van der Waals surface area contributed by atoms with E-state index in [9.17, 15) is 4.79 Å². The standard InChI is InChI=1S/C16H10ClN5OS2/c17-8-2-1-3-11-13(8)21-16(25-11)22-14(23)12-5-4-10(24-12)9-6-7-19-15(18)20-9/h1-7H,(H2,18,19,20)(H,21,22,23). The minimum Gasteiger partial charge on any atom is -0.368 e. The molecule has 1 aromatic carbocycles. The Labute approximate surface area is 155 Å². The molecule has 0 atom stereocenters. The number of thiophene rings is 1. The van der Waals surface area contributed by atoms with Crippen molar-refractivity contribution < 1.29 is 4.79 Å². The van der Waals surface area contributed by atoms with Gasteiger partial charge in [0.05, 0.1) is 25.2 Å². The van der Waals surface area contributed by atoms with Gasteiger partial charge in [0.25, 0.3) is 5.91 Å². The molecule has 0 saturated carbocycles. The van der Waals surface area contributed by atoms with Crippen LogP contribution >= 0.6 is 34.3 Å². The molecule has 4 rings (SSSR count). The molecule has 0 radical (unpaired) electrons. The van der Waals surface area contributed by atoms with Gasteiger partial charge in [0.2, 0.25) is 5.95 Å². The van der Waals surface area contributed by atoms with Gasteiger partial charge in [-0.1, -0.05) is 29.0 Å². The maximum atomic E-state index is 12.5. The van der Waals surface area contributed by atoms with Crippen LogP contribution in [0.15, 0.2) is 42.6 Å². The molecule has 0 spiro atoms. The smallest absolute Gasteiger partial charge is 0.267 e. The van der Waals surface area contributed by atoms with Crippen molar-refractivity contribution in [3.05, 3.63) is 52.5 Å². The van der Waals surface area contributed by atoms with Crippen LogP contribution < -0.4 is 11.1 Å². The monoisotopic (exact) mass is 387 g/mol. The number of para-hydroxylation sites is 1. The van der Waals surface area contributed by atoms with Gasteiger partial charge in [-0.15, -0.1) is 11.3 Å². The van der Waals surface area contributed by atoms with Crippen molar-refractivity contribution in [2.24, 2.45) is 0 Å². The largest absolute Gasteiger partial charge is 0.368 e. The van der Waals surface area contributed by atoms with Gasteiger partial charge in [-0.2, -0.15) is 0 Å². The van der Waals surface area contributed by atoms with Crippen LogP contribution in [0.25, 0.3) is 20.8 Å². The van der Waals surface area contributed by atoms with E-state index in [0.717, 1.165) is 9.58 Å². The lowest BCUT2D eigenvalue weighted by atomic mass is 10.3. The quantitative estimate of drug-likeness (QED) is 0.546. The van der Waals surface area contributed by atoms with Gasteiger partial charge >= 0.3 is 0 Å². The molecule has 3 heterocycles. The van der Waals surface area contributed by atoms with E-state index in [-0.39, 0.29) is 11.9 Å². The first-order valence-electron chi connectivity index (χ1n) is 7.15. The number of halogens is 1. The molecule has 0 saturated heterocycles. The normalized spacial score (nSPS) is 10.9. The summed E-state index contributed by atoms with van der Waals surface area (Å²) >= 11 is 8.82. The van der Waals surface area contributed by atoms with Crippen LogP contribution in [0, 0.1) is 0 Å². The van der Waals surface area contributed by atoms with Crippen LogP contribution in [0.4, 0.5) is 11.1 Å². The molecule has 0 unspecified atom stereocenters. The second-order valence-corrected chi connectivity index (χ2v) is 7.55. The molecule has 0 aliphatic rings. The Morgan fingerprint density at radius 2 is 2.00 bits per heavy atom. The van der Waals surface area contributed by atoms with Gasteiger partial charge in [0.1, 0.15) is 5.52 Å². The number of nitrogen functional groups attached to an aromatic ring is 1. The molecule has 0 aliphatic heterocycles. The number of nitrogens with two attached hydrogens (primary N) is 1. The molecule has 25 heavy (non-hydrogen) atoms. The Morgan fingerprint density at radius 3 is 2.80 bits per heavy atom. The molecule has 3 N–H and O–H groups in total. The molecule has 9 heteroatoms. The van der Waals surface area contributed by atoms with Crippen molar-refractivity contribution in [2.45, 2.75) is 0 Å². The molecule has 1 amide bonds. The Kier molecular flexibility index (Phi) is 4.08. The second-order valence-electron chi connectivity index (χ2n) is 5.02. The van der Waals surface area contributed by atoms with Gasteiger partial charge in [0.15, 0.2) is 5.13 Å². The van der Waals surface area contributed by atoms with Crippen LogP contribution in [-0.2, 0) is 0 Å². The fraction of sp³-hybridized carbons (Fsp3) is 0. The number of thiazole rings is 1. The summed E-state index contributed by atoms with van der Waals surface area (Å²) in [6.07, 6.45) is 1.59. The third-order valence-electron chi connectivity index (χ3n) is 3.35. The summed E-state index contributed by atoms with van der Waals surface area (Å²) < 4.78 is 0.922. The first-order chi connectivity index (χ1) is 12.1. The number of amides is 1. The third kappa shape index (κ3) is 3.19. The summed E-state index contributed by atoms with van der Waals surface area (Å²) in [4.78, 5) is 26.3. The maximum Gasteiger partial charge on any atom is 0.267 e. The highest BCUT2D eigenvalue weighted by atomic mass is 35.5. The zero-order valence-electron chi connectivity index (χ0n) is 12.6. The predicted octanol–water partition coefficient (Wildman–Crippen LogP) is 4.30. The number of hydrogen-bond acceptors (Lipinski definition) is 7. The van der Waals surface area contributed by atoms with Crippen LogP contribution in [0.2, 0.25) is 5.02 Å². The topological polar surface area (TPSA) is 93.8 Å². The van der Waals surface area contributed by atoms with E-state index in [1.165, 1.54) is 22.7 Å².